The molecule has 1 fully saturated rings. The van der Waals surface area contributed by atoms with Crippen LogP contribution < -0.4 is 0 Å². The summed E-state index contributed by atoms with van der Waals surface area (Å²) in [6.45, 7) is 5.64. The van der Waals surface area contributed by atoms with Gasteiger partial charge in [-0.2, -0.15) is 5.10 Å². The zero-order chi connectivity index (χ0) is 11.7. The summed E-state index contributed by atoms with van der Waals surface area (Å²) in [5, 5.41) is 4.55. The van der Waals surface area contributed by atoms with E-state index in [4.69, 9.17) is 0 Å². The van der Waals surface area contributed by atoms with Gasteiger partial charge in [0, 0.05) is 18.7 Å². The molecule has 1 aliphatic heterocycles. The SMILES string of the molecule is Cc1cccc2nc(CCN3CCCC3)nn12. The smallest absolute Gasteiger partial charge is 0.155 e. The summed E-state index contributed by atoms with van der Waals surface area (Å²) < 4.78 is 1.93. The fourth-order valence-electron chi connectivity index (χ4n) is 2.45. The molecule has 1 aliphatic rings. The molecule has 4 heteroatoms. The van der Waals surface area contributed by atoms with Gasteiger partial charge in [-0.3, -0.25) is 0 Å². The Balaban J connectivity index is 1.74. The lowest BCUT2D eigenvalue weighted by Gasteiger charge is -2.12. The Kier molecular flexibility index (Phi) is 2.81. The number of likely N-dealkylation sites (tertiary alicyclic amines) is 1. The molecule has 2 aromatic heterocycles. The number of pyridine rings is 1. The highest BCUT2D eigenvalue weighted by atomic mass is 15.3. The van der Waals surface area contributed by atoms with Gasteiger partial charge in [-0.05, 0) is 45.0 Å². The summed E-state index contributed by atoms with van der Waals surface area (Å²) in [5.74, 6) is 0.964. The van der Waals surface area contributed by atoms with Crippen LogP contribution in [-0.2, 0) is 6.42 Å². The van der Waals surface area contributed by atoms with Crippen molar-refractivity contribution in [3.63, 3.8) is 0 Å². The second-order valence-corrected chi connectivity index (χ2v) is 4.76. The molecule has 0 aliphatic carbocycles. The Labute approximate surface area is 101 Å². The van der Waals surface area contributed by atoms with Gasteiger partial charge in [0.2, 0.25) is 0 Å². The minimum absolute atomic E-state index is 0.959. The molecule has 17 heavy (non-hydrogen) atoms. The third-order valence-corrected chi connectivity index (χ3v) is 3.44. The van der Waals surface area contributed by atoms with Crippen LogP contribution in [0.4, 0.5) is 0 Å². The normalized spacial score (nSPS) is 17.0. The van der Waals surface area contributed by atoms with Crippen LogP contribution in [0, 0.1) is 6.92 Å². The lowest BCUT2D eigenvalue weighted by atomic mass is 10.4. The van der Waals surface area contributed by atoms with Gasteiger partial charge in [0.25, 0.3) is 0 Å². The van der Waals surface area contributed by atoms with E-state index in [2.05, 4.69) is 28.0 Å². The number of nitrogens with zero attached hydrogens (tertiary/aromatic N) is 4. The third-order valence-electron chi connectivity index (χ3n) is 3.44. The first-order valence-electron chi connectivity index (χ1n) is 6.36. The van der Waals surface area contributed by atoms with Crippen LogP contribution in [0.5, 0.6) is 0 Å². The standard InChI is InChI=1S/C13H18N4/c1-11-5-4-6-13-14-12(15-17(11)13)7-10-16-8-2-3-9-16/h4-6H,2-3,7-10H2,1H3. The van der Waals surface area contributed by atoms with Gasteiger partial charge in [0.15, 0.2) is 11.5 Å². The molecule has 0 unspecified atom stereocenters. The van der Waals surface area contributed by atoms with Crippen LogP contribution in [0.15, 0.2) is 18.2 Å². The molecule has 0 spiro atoms. The van der Waals surface area contributed by atoms with Gasteiger partial charge in [0.05, 0.1) is 0 Å². The Bertz CT molecular complexity index is 511. The van der Waals surface area contributed by atoms with Gasteiger partial charge in [0.1, 0.15) is 0 Å². The number of hydrogen-bond donors (Lipinski definition) is 0. The van der Waals surface area contributed by atoms with Crippen LogP contribution in [-0.4, -0.2) is 39.1 Å². The molecule has 0 saturated carbocycles. The van der Waals surface area contributed by atoms with Crippen molar-refractivity contribution in [3.8, 4) is 0 Å². The lowest BCUT2D eigenvalue weighted by Crippen LogP contribution is -2.22. The summed E-state index contributed by atoms with van der Waals surface area (Å²) in [4.78, 5) is 7.06. The van der Waals surface area contributed by atoms with Crippen molar-refractivity contribution >= 4 is 5.65 Å². The molecule has 4 nitrogen and oxygen atoms in total. The predicted octanol–water partition coefficient (Wildman–Crippen LogP) is 1.68. The van der Waals surface area contributed by atoms with Crippen molar-refractivity contribution < 1.29 is 0 Å². The van der Waals surface area contributed by atoms with E-state index >= 15 is 0 Å². The van der Waals surface area contributed by atoms with Crippen molar-refractivity contribution in [1.82, 2.24) is 19.5 Å². The third kappa shape index (κ3) is 2.17. The van der Waals surface area contributed by atoms with Crippen molar-refractivity contribution in [2.45, 2.75) is 26.2 Å². The largest absolute Gasteiger partial charge is 0.303 e. The van der Waals surface area contributed by atoms with Crippen molar-refractivity contribution in [3.05, 3.63) is 29.7 Å². The molecule has 1 saturated heterocycles. The molecule has 0 amide bonds. The van der Waals surface area contributed by atoms with Crippen LogP contribution in [0.25, 0.3) is 5.65 Å². The summed E-state index contributed by atoms with van der Waals surface area (Å²) in [6.07, 6.45) is 3.65. The van der Waals surface area contributed by atoms with Crippen molar-refractivity contribution in [2.75, 3.05) is 19.6 Å². The molecular formula is C13H18N4. The number of aromatic nitrogens is 3. The average molecular weight is 230 g/mol. The lowest BCUT2D eigenvalue weighted by molar-refractivity contribution is 0.341. The van der Waals surface area contributed by atoms with Gasteiger partial charge in [-0.1, -0.05) is 6.07 Å². The second-order valence-electron chi connectivity index (χ2n) is 4.76. The number of aryl methyl sites for hydroxylation is 1. The molecule has 3 rings (SSSR count). The Morgan fingerprint density at radius 3 is 2.82 bits per heavy atom. The highest BCUT2D eigenvalue weighted by molar-refractivity contribution is 5.38. The molecule has 0 radical (unpaired) electrons. The maximum atomic E-state index is 4.56. The van der Waals surface area contributed by atoms with Gasteiger partial charge >= 0.3 is 0 Å². The summed E-state index contributed by atoms with van der Waals surface area (Å²) in [6, 6.07) is 6.11. The Morgan fingerprint density at radius 2 is 2.06 bits per heavy atom. The zero-order valence-corrected chi connectivity index (χ0v) is 10.3. The molecule has 90 valence electrons. The van der Waals surface area contributed by atoms with E-state index in [1.54, 1.807) is 0 Å². The molecule has 3 heterocycles. The predicted molar refractivity (Wildman–Crippen MR) is 67.1 cm³/mol. The van der Waals surface area contributed by atoms with Crippen LogP contribution in [0.1, 0.15) is 24.4 Å². The monoisotopic (exact) mass is 230 g/mol. The minimum atomic E-state index is 0.959. The average Bonchev–Trinajstić information content (AvgIpc) is 2.95. The maximum absolute atomic E-state index is 4.56. The highest BCUT2D eigenvalue weighted by Crippen LogP contribution is 2.09. The van der Waals surface area contributed by atoms with E-state index in [0.29, 0.717) is 0 Å². The Hall–Kier alpha value is -1.42. The fourth-order valence-corrected chi connectivity index (χ4v) is 2.45. The first-order valence-corrected chi connectivity index (χ1v) is 6.36. The number of fused-ring (bicyclic) bond motifs is 1. The molecule has 0 aromatic carbocycles. The van der Waals surface area contributed by atoms with E-state index in [0.717, 1.165) is 30.1 Å². The Morgan fingerprint density at radius 1 is 1.24 bits per heavy atom. The van der Waals surface area contributed by atoms with Crippen LogP contribution in [0.3, 0.4) is 0 Å². The molecular weight excluding hydrogens is 212 g/mol. The van der Waals surface area contributed by atoms with E-state index < -0.39 is 0 Å². The minimum Gasteiger partial charge on any atom is -0.303 e. The summed E-state index contributed by atoms with van der Waals surface area (Å²) in [7, 11) is 0. The molecule has 0 atom stereocenters. The quantitative estimate of drug-likeness (QED) is 0.804. The van der Waals surface area contributed by atoms with Gasteiger partial charge < -0.3 is 4.90 Å². The molecule has 0 bridgehead atoms. The van der Waals surface area contributed by atoms with Crippen molar-refractivity contribution in [1.29, 1.82) is 0 Å². The van der Waals surface area contributed by atoms with E-state index in [1.807, 2.05) is 16.6 Å². The molecule has 2 aromatic rings. The topological polar surface area (TPSA) is 33.4 Å². The van der Waals surface area contributed by atoms with E-state index in [1.165, 1.54) is 25.9 Å². The van der Waals surface area contributed by atoms with Crippen molar-refractivity contribution in [2.24, 2.45) is 0 Å². The number of rotatable bonds is 3. The second kappa shape index (κ2) is 4.45. The fraction of sp³-hybridized carbons (Fsp3) is 0.538. The molecule has 0 N–H and O–H groups in total. The van der Waals surface area contributed by atoms with E-state index in [9.17, 15) is 0 Å². The zero-order valence-electron chi connectivity index (χ0n) is 10.3. The van der Waals surface area contributed by atoms with Crippen LogP contribution >= 0.6 is 0 Å². The highest BCUT2D eigenvalue weighted by Gasteiger charge is 2.12. The van der Waals surface area contributed by atoms with Gasteiger partial charge in [-0.25, -0.2) is 9.50 Å². The van der Waals surface area contributed by atoms with Gasteiger partial charge in [-0.15, -0.1) is 0 Å². The first kappa shape index (κ1) is 10.7. The number of hydrogen-bond acceptors (Lipinski definition) is 3. The summed E-state index contributed by atoms with van der Waals surface area (Å²) >= 11 is 0. The first-order chi connectivity index (χ1) is 8.33. The maximum Gasteiger partial charge on any atom is 0.155 e. The van der Waals surface area contributed by atoms with Crippen LogP contribution in [0.2, 0.25) is 0 Å². The summed E-state index contributed by atoms with van der Waals surface area (Å²) in [5.41, 5.74) is 2.10. The van der Waals surface area contributed by atoms with E-state index in [-0.39, 0.29) is 0 Å².